The first-order valence-electron chi connectivity index (χ1n) is 9.42. The molecule has 29 heavy (non-hydrogen) atoms. The molecule has 2 heterocycles. The highest BCUT2D eigenvalue weighted by Gasteiger charge is 2.17. The van der Waals surface area contributed by atoms with Crippen molar-refractivity contribution in [2.24, 2.45) is 0 Å². The van der Waals surface area contributed by atoms with E-state index in [4.69, 9.17) is 0 Å². The smallest absolute Gasteiger partial charge is 0.240 e. The Morgan fingerprint density at radius 1 is 1.10 bits per heavy atom. The van der Waals surface area contributed by atoms with Gasteiger partial charge in [-0.15, -0.1) is 11.3 Å². The van der Waals surface area contributed by atoms with Crippen LogP contribution in [-0.4, -0.2) is 37.5 Å². The lowest BCUT2D eigenvalue weighted by Gasteiger charge is -2.15. The van der Waals surface area contributed by atoms with Crippen LogP contribution in [-0.2, 0) is 16.4 Å². The summed E-state index contributed by atoms with van der Waals surface area (Å²) in [4.78, 5) is 8.93. The molecular formula is C21H22N4O2S2. The van der Waals surface area contributed by atoms with Gasteiger partial charge in [-0.25, -0.2) is 18.1 Å². The minimum absolute atomic E-state index is 0.233. The molecule has 4 aromatic rings. The number of fused-ring (bicyclic) bond motifs is 2. The van der Waals surface area contributed by atoms with Crippen LogP contribution in [0.4, 0.5) is 0 Å². The van der Waals surface area contributed by atoms with E-state index in [9.17, 15) is 8.42 Å². The Bertz CT molecular complexity index is 1200. The van der Waals surface area contributed by atoms with Gasteiger partial charge in [0.15, 0.2) is 0 Å². The van der Waals surface area contributed by atoms with Crippen LogP contribution in [0.25, 0.3) is 21.0 Å². The quantitative estimate of drug-likeness (QED) is 0.422. The molecule has 0 amide bonds. The summed E-state index contributed by atoms with van der Waals surface area (Å²) < 4.78 is 29.3. The van der Waals surface area contributed by atoms with E-state index in [2.05, 4.69) is 26.1 Å². The van der Waals surface area contributed by atoms with E-state index in [-0.39, 0.29) is 10.9 Å². The van der Waals surface area contributed by atoms with Gasteiger partial charge in [-0.2, -0.15) is 0 Å². The summed E-state index contributed by atoms with van der Waals surface area (Å²) in [6.07, 6.45) is 4.19. The van der Waals surface area contributed by atoms with E-state index in [1.54, 1.807) is 48.0 Å². The van der Waals surface area contributed by atoms with Crippen molar-refractivity contribution >= 4 is 42.3 Å². The third-order valence-electron chi connectivity index (χ3n) is 4.58. The van der Waals surface area contributed by atoms with Gasteiger partial charge in [0.1, 0.15) is 0 Å². The second-order valence-electron chi connectivity index (χ2n) is 6.94. The molecule has 0 unspecified atom stereocenters. The summed E-state index contributed by atoms with van der Waals surface area (Å²) in [7, 11) is -3.58. The highest BCUT2D eigenvalue weighted by molar-refractivity contribution is 7.89. The van der Waals surface area contributed by atoms with Gasteiger partial charge in [0.25, 0.3) is 0 Å². The topological polar surface area (TPSA) is 84.0 Å². The standard InChI is InChI=1S/C21H22N4O2S2/c1-15(13-22-11-9-21-24-19-4-2-3-5-20(19)28-21)25-29(26,27)18-7-6-17-14-23-10-8-16(17)12-18/h2-8,10,12,14-15,22,25H,9,11,13H2,1H3/t15-/m1/s1. The summed E-state index contributed by atoms with van der Waals surface area (Å²) in [6.45, 7) is 3.14. The third-order valence-corrected chi connectivity index (χ3v) is 7.27. The first-order valence-corrected chi connectivity index (χ1v) is 11.7. The van der Waals surface area contributed by atoms with Crippen molar-refractivity contribution in [3.05, 3.63) is 65.9 Å². The number of thiazole rings is 1. The van der Waals surface area contributed by atoms with Crippen LogP contribution in [0, 0.1) is 0 Å². The van der Waals surface area contributed by atoms with Crippen molar-refractivity contribution < 1.29 is 8.42 Å². The predicted octanol–water partition coefficient (Wildman–Crippen LogP) is 3.34. The van der Waals surface area contributed by atoms with Gasteiger partial charge < -0.3 is 5.32 Å². The zero-order chi connectivity index (χ0) is 20.3. The Hall–Kier alpha value is -2.39. The van der Waals surface area contributed by atoms with E-state index in [0.29, 0.717) is 6.54 Å². The van der Waals surface area contributed by atoms with Crippen LogP contribution in [0.5, 0.6) is 0 Å². The zero-order valence-corrected chi connectivity index (χ0v) is 17.6. The largest absolute Gasteiger partial charge is 0.315 e. The van der Waals surface area contributed by atoms with Gasteiger partial charge >= 0.3 is 0 Å². The van der Waals surface area contributed by atoms with Crippen LogP contribution in [0.1, 0.15) is 11.9 Å². The molecule has 0 aliphatic rings. The van der Waals surface area contributed by atoms with Crippen LogP contribution in [0.15, 0.2) is 65.8 Å². The molecule has 0 saturated heterocycles. The lowest BCUT2D eigenvalue weighted by Crippen LogP contribution is -2.40. The lowest BCUT2D eigenvalue weighted by atomic mass is 10.2. The molecule has 0 aliphatic carbocycles. The number of pyridine rings is 1. The lowest BCUT2D eigenvalue weighted by molar-refractivity contribution is 0.537. The summed E-state index contributed by atoms with van der Waals surface area (Å²) >= 11 is 1.70. The summed E-state index contributed by atoms with van der Waals surface area (Å²) in [5, 5.41) is 6.16. The maximum atomic E-state index is 12.7. The number of aromatic nitrogens is 2. The Kier molecular flexibility index (Phi) is 5.86. The van der Waals surface area contributed by atoms with E-state index >= 15 is 0 Å². The first-order chi connectivity index (χ1) is 14.0. The van der Waals surface area contributed by atoms with Gasteiger partial charge in [-0.05, 0) is 42.6 Å². The van der Waals surface area contributed by atoms with Gasteiger partial charge in [-0.1, -0.05) is 18.2 Å². The van der Waals surface area contributed by atoms with Crippen LogP contribution < -0.4 is 10.0 Å². The molecule has 2 aromatic heterocycles. The third kappa shape index (κ3) is 4.79. The second-order valence-corrected chi connectivity index (χ2v) is 9.77. The van der Waals surface area contributed by atoms with Crippen LogP contribution in [0.3, 0.4) is 0 Å². The molecule has 2 aromatic carbocycles. The summed E-state index contributed by atoms with van der Waals surface area (Å²) in [5.74, 6) is 0. The molecule has 4 rings (SSSR count). The minimum Gasteiger partial charge on any atom is -0.315 e. The maximum absolute atomic E-state index is 12.7. The molecule has 0 aliphatic heterocycles. The molecule has 0 radical (unpaired) electrons. The Balaban J connectivity index is 1.30. The van der Waals surface area contributed by atoms with Gasteiger partial charge in [0.2, 0.25) is 10.0 Å². The number of rotatable bonds is 8. The van der Waals surface area contributed by atoms with E-state index in [0.717, 1.165) is 34.3 Å². The summed E-state index contributed by atoms with van der Waals surface area (Å²) in [5.41, 5.74) is 1.03. The molecule has 1 atom stereocenters. The van der Waals surface area contributed by atoms with Gasteiger partial charge in [-0.3, -0.25) is 4.98 Å². The Labute approximate surface area is 174 Å². The molecule has 150 valence electrons. The maximum Gasteiger partial charge on any atom is 0.240 e. The van der Waals surface area contributed by atoms with Crippen molar-refractivity contribution in [3.8, 4) is 0 Å². The fourth-order valence-corrected chi connectivity index (χ4v) is 5.39. The molecular weight excluding hydrogens is 404 g/mol. The monoisotopic (exact) mass is 426 g/mol. The van der Waals surface area contributed by atoms with Gasteiger partial charge in [0.05, 0.1) is 20.1 Å². The van der Waals surface area contributed by atoms with Crippen LogP contribution in [0.2, 0.25) is 0 Å². The average Bonchev–Trinajstić information content (AvgIpc) is 3.13. The SMILES string of the molecule is C[C@H](CNCCc1nc2ccccc2s1)NS(=O)(=O)c1ccc2cnccc2c1. The molecule has 0 fully saturated rings. The summed E-state index contributed by atoms with van der Waals surface area (Å²) in [6, 6.07) is 14.7. The number of nitrogens with one attached hydrogen (secondary N) is 2. The molecule has 0 spiro atoms. The van der Waals surface area contributed by atoms with E-state index < -0.39 is 10.0 Å². The molecule has 2 N–H and O–H groups in total. The number of nitrogens with zero attached hydrogens (tertiary/aromatic N) is 2. The first kappa shape index (κ1) is 19.9. The number of hydrogen-bond acceptors (Lipinski definition) is 6. The highest BCUT2D eigenvalue weighted by atomic mass is 32.2. The molecule has 0 bridgehead atoms. The second kappa shape index (κ2) is 8.54. The van der Waals surface area contributed by atoms with Crippen molar-refractivity contribution in [1.29, 1.82) is 0 Å². The number of para-hydroxylation sites is 1. The Morgan fingerprint density at radius 2 is 1.97 bits per heavy atom. The minimum atomic E-state index is -3.58. The van der Waals surface area contributed by atoms with Gasteiger partial charge in [0, 0.05) is 43.3 Å². The van der Waals surface area contributed by atoms with E-state index in [1.807, 2.05) is 25.1 Å². The van der Waals surface area contributed by atoms with Crippen molar-refractivity contribution in [2.75, 3.05) is 13.1 Å². The number of benzene rings is 2. The average molecular weight is 427 g/mol. The number of hydrogen-bond donors (Lipinski definition) is 2. The fraction of sp³-hybridized carbons (Fsp3) is 0.238. The van der Waals surface area contributed by atoms with Crippen molar-refractivity contribution in [1.82, 2.24) is 20.0 Å². The fourth-order valence-electron chi connectivity index (χ4n) is 3.14. The highest BCUT2D eigenvalue weighted by Crippen LogP contribution is 2.21. The zero-order valence-electron chi connectivity index (χ0n) is 16.0. The van der Waals surface area contributed by atoms with Crippen LogP contribution >= 0.6 is 11.3 Å². The molecule has 8 heteroatoms. The molecule has 6 nitrogen and oxygen atoms in total. The predicted molar refractivity (Wildman–Crippen MR) is 118 cm³/mol. The van der Waals surface area contributed by atoms with Crippen molar-refractivity contribution in [2.45, 2.75) is 24.3 Å². The Morgan fingerprint density at radius 3 is 2.83 bits per heavy atom. The van der Waals surface area contributed by atoms with E-state index in [1.165, 1.54) is 4.70 Å². The normalized spacial score (nSPS) is 13.1. The molecule has 0 saturated carbocycles. The van der Waals surface area contributed by atoms with Crippen molar-refractivity contribution in [3.63, 3.8) is 0 Å². The number of sulfonamides is 1.